The largest absolute Gasteiger partial charge is 0.493 e. The van der Waals surface area contributed by atoms with Crippen LogP contribution in [0.15, 0.2) is 36.4 Å². The van der Waals surface area contributed by atoms with Gasteiger partial charge in [-0.05, 0) is 24.6 Å². The maximum atomic E-state index is 12.3. The van der Waals surface area contributed by atoms with Crippen LogP contribution in [0.25, 0.3) is 0 Å². The number of hydrogen-bond donors (Lipinski definition) is 1. The van der Waals surface area contributed by atoms with Gasteiger partial charge in [0, 0.05) is 12.1 Å². The van der Waals surface area contributed by atoms with Crippen LogP contribution in [0.5, 0.6) is 23.0 Å². The second-order valence-corrected chi connectivity index (χ2v) is 6.00. The molecule has 148 valence electrons. The van der Waals surface area contributed by atoms with Crippen LogP contribution in [-0.4, -0.2) is 44.3 Å². The number of amides is 1. The van der Waals surface area contributed by atoms with Gasteiger partial charge in [0.15, 0.2) is 23.0 Å². The summed E-state index contributed by atoms with van der Waals surface area (Å²) >= 11 is 0. The highest BCUT2D eigenvalue weighted by atomic mass is 16.6. The Hall–Kier alpha value is -3.49. The minimum absolute atomic E-state index is 0.0966. The third-order valence-electron chi connectivity index (χ3n) is 4.28. The molecule has 2 aromatic carbocycles. The number of carbonyl (C=O) groups excluding carboxylic acids is 1. The highest BCUT2D eigenvalue weighted by Gasteiger charge is 2.27. The van der Waals surface area contributed by atoms with Crippen molar-refractivity contribution < 1.29 is 28.7 Å². The first kappa shape index (κ1) is 19.3. The van der Waals surface area contributed by atoms with Crippen molar-refractivity contribution in [2.75, 3.05) is 27.4 Å². The fourth-order valence-electron chi connectivity index (χ4n) is 2.86. The summed E-state index contributed by atoms with van der Waals surface area (Å²) in [6.45, 7) is 0.288. The number of hydrogen-bond acceptors (Lipinski definition) is 7. The molecule has 1 amide bonds. The quantitative estimate of drug-likeness (QED) is 0.571. The molecule has 0 saturated carbocycles. The number of nitrogens with zero attached hydrogens (tertiary/aromatic N) is 1. The van der Waals surface area contributed by atoms with E-state index in [1.807, 2.05) is 6.07 Å². The molecule has 28 heavy (non-hydrogen) atoms. The van der Waals surface area contributed by atoms with E-state index in [2.05, 4.69) is 5.32 Å². The lowest BCUT2D eigenvalue weighted by Crippen LogP contribution is -2.44. The van der Waals surface area contributed by atoms with Crippen LogP contribution in [-0.2, 0) is 11.2 Å². The first-order valence-electron chi connectivity index (χ1n) is 8.59. The van der Waals surface area contributed by atoms with Gasteiger partial charge in [-0.3, -0.25) is 14.9 Å². The Bertz CT molecular complexity index is 885. The molecular weight excluding hydrogens is 368 g/mol. The van der Waals surface area contributed by atoms with E-state index in [0.29, 0.717) is 22.8 Å². The van der Waals surface area contributed by atoms with Crippen molar-refractivity contribution in [3.05, 3.63) is 52.1 Å². The van der Waals surface area contributed by atoms with Crippen molar-refractivity contribution in [3.63, 3.8) is 0 Å². The lowest BCUT2D eigenvalue weighted by Gasteiger charge is -2.25. The standard InChI is InChI=1S/C19H20N2O7/c1-25-16-9-12(13(21(23)24)10-17(16)26-2)7-8-20-19(22)18-11-27-14-5-3-4-6-15(14)28-18/h3-6,9-10,18H,7-8,11H2,1-2H3,(H,20,22)/t18-/m1/s1. The maximum absolute atomic E-state index is 12.3. The van der Waals surface area contributed by atoms with E-state index >= 15 is 0 Å². The van der Waals surface area contributed by atoms with Crippen molar-refractivity contribution in [3.8, 4) is 23.0 Å². The third-order valence-corrected chi connectivity index (χ3v) is 4.28. The Morgan fingerprint density at radius 3 is 2.57 bits per heavy atom. The maximum Gasteiger partial charge on any atom is 0.276 e. The zero-order valence-electron chi connectivity index (χ0n) is 15.5. The summed E-state index contributed by atoms with van der Waals surface area (Å²) in [5.41, 5.74) is 0.326. The summed E-state index contributed by atoms with van der Waals surface area (Å²) in [5.74, 6) is 1.40. The SMILES string of the molecule is COc1cc(CCNC(=O)[C@H]2COc3ccccc3O2)c([N+](=O)[O-])cc1OC. The fourth-order valence-corrected chi connectivity index (χ4v) is 2.86. The van der Waals surface area contributed by atoms with E-state index in [1.54, 1.807) is 24.3 Å². The number of nitrogens with one attached hydrogen (secondary N) is 1. The summed E-state index contributed by atoms with van der Waals surface area (Å²) in [5, 5.41) is 14.1. The van der Waals surface area contributed by atoms with E-state index in [9.17, 15) is 14.9 Å². The Balaban J connectivity index is 1.63. The number of ether oxygens (including phenoxy) is 4. The molecule has 9 nitrogen and oxygen atoms in total. The summed E-state index contributed by atoms with van der Waals surface area (Å²) in [6.07, 6.45) is -0.540. The first-order chi connectivity index (χ1) is 13.5. The van der Waals surface area contributed by atoms with Crippen LogP contribution in [0, 0.1) is 10.1 Å². The van der Waals surface area contributed by atoms with Gasteiger partial charge < -0.3 is 24.3 Å². The van der Waals surface area contributed by atoms with Gasteiger partial charge in [-0.2, -0.15) is 0 Å². The summed E-state index contributed by atoms with van der Waals surface area (Å²) < 4.78 is 21.5. The van der Waals surface area contributed by atoms with E-state index in [1.165, 1.54) is 20.3 Å². The Kier molecular flexibility index (Phi) is 5.83. The monoisotopic (exact) mass is 388 g/mol. The molecule has 0 aromatic heterocycles. The number of nitro benzene ring substituents is 1. The van der Waals surface area contributed by atoms with Crippen LogP contribution >= 0.6 is 0 Å². The molecule has 3 rings (SSSR count). The van der Waals surface area contributed by atoms with Crippen molar-refractivity contribution in [1.29, 1.82) is 0 Å². The molecule has 0 spiro atoms. The number of methoxy groups -OCH3 is 2. The fraction of sp³-hybridized carbons (Fsp3) is 0.316. The number of carbonyl (C=O) groups is 1. The zero-order chi connectivity index (χ0) is 20.1. The van der Waals surface area contributed by atoms with Gasteiger partial charge >= 0.3 is 0 Å². The minimum atomic E-state index is -0.782. The lowest BCUT2D eigenvalue weighted by molar-refractivity contribution is -0.385. The molecule has 9 heteroatoms. The van der Waals surface area contributed by atoms with E-state index < -0.39 is 11.0 Å². The molecule has 1 atom stereocenters. The smallest absolute Gasteiger partial charge is 0.276 e. The van der Waals surface area contributed by atoms with Gasteiger partial charge in [-0.1, -0.05) is 12.1 Å². The van der Waals surface area contributed by atoms with E-state index in [4.69, 9.17) is 18.9 Å². The average molecular weight is 388 g/mol. The van der Waals surface area contributed by atoms with Gasteiger partial charge in [-0.15, -0.1) is 0 Å². The second-order valence-electron chi connectivity index (χ2n) is 6.00. The van der Waals surface area contributed by atoms with Gasteiger partial charge in [0.1, 0.15) is 6.61 Å². The topological polar surface area (TPSA) is 109 Å². The van der Waals surface area contributed by atoms with Crippen LogP contribution in [0.3, 0.4) is 0 Å². The van der Waals surface area contributed by atoms with Gasteiger partial charge in [0.2, 0.25) is 6.10 Å². The lowest BCUT2D eigenvalue weighted by atomic mass is 10.1. The van der Waals surface area contributed by atoms with Crippen molar-refractivity contribution >= 4 is 11.6 Å². The molecule has 1 N–H and O–H groups in total. The molecule has 0 aliphatic carbocycles. The molecule has 0 unspecified atom stereocenters. The Morgan fingerprint density at radius 1 is 1.21 bits per heavy atom. The van der Waals surface area contributed by atoms with Crippen LogP contribution < -0.4 is 24.3 Å². The number of benzene rings is 2. The van der Waals surface area contributed by atoms with Gasteiger partial charge in [0.25, 0.3) is 11.6 Å². The highest BCUT2D eigenvalue weighted by molar-refractivity contribution is 5.81. The molecule has 1 aliphatic rings. The van der Waals surface area contributed by atoms with Crippen LogP contribution in [0.4, 0.5) is 5.69 Å². The number of fused-ring (bicyclic) bond motifs is 1. The van der Waals surface area contributed by atoms with Crippen LogP contribution in [0.2, 0.25) is 0 Å². The summed E-state index contributed by atoms with van der Waals surface area (Å²) in [4.78, 5) is 23.2. The van der Waals surface area contributed by atoms with Crippen molar-refractivity contribution in [2.45, 2.75) is 12.5 Å². The summed E-state index contributed by atoms with van der Waals surface area (Å²) in [6, 6.07) is 9.95. The summed E-state index contributed by atoms with van der Waals surface area (Å²) in [7, 11) is 2.86. The number of para-hydroxylation sites is 2. The molecule has 0 fully saturated rings. The second kappa shape index (κ2) is 8.47. The predicted molar refractivity (Wildman–Crippen MR) is 99.3 cm³/mol. The van der Waals surface area contributed by atoms with E-state index in [-0.39, 0.29) is 36.9 Å². The molecule has 2 aromatic rings. The van der Waals surface area contributed by atoms with E-state index in [0.717, 1.165) is 0 Å². The minimum Gasteiger partial charge on any atom is -0.493 e. The van der Waals surface area contributed by atoms with Crippen molar-refractivity contribution in [2.24, 2.45) is 0 Å². The molecule has 0 saturated heterocycles. The molecule has 1 aliphatic heterocycles. The van der Waals surface area contributed by atoms with Gasteiger partial charge in [-0.25, -0.2) is 0 Å². The molecule has 1 heterocycles. The first-order valence-corrected chi connectivity index (χ1v) is 8.59. The number of rotatable bonds is 7. The average Bonchev–Trinajstić information content (AvgIpc) is 2.72. The molecule has 0 bridgehead atoms. The number of nitro groups is 1. The van der Waals surface area contributed by atoms with Crippen molar-refractivity contribution in [1.82, 2.24) is 5.32 Å². The zero-order valence-corrected chi connectivity index (χ0v) is 15.5. The Morgan fingerprint density at radius 2 is 1.89 bits per heavy atom. The van der Waals surface area contributed by atoms with Crippen LogP contribution in [0.1, 0.15) is 5.56 Å². The third kappa shape index (κ3) is 4.08. The highest BCUT2D eigenvalue weighted by Crippen LogP contribution is 2.34. The predicted octanol–water partition coefficient (Wildman–Crippen LogP) is 2.11. The van der Waals surface area contributed by atoms with Gasteiger partial charge in [0.05, 0.1) is 25.2 Å². The normalized spacial score (nSPS) is 14.9. The Labute approximate surface area is 161 Å². The molecular formula is C19H20N2O7. The molecule has 0 radical (unpaired) electrons.